The van der Waals surface area contributed by atoms with Crippen molar-refractivity contribution < 1.29 is 29.3 Å². The Morgan fingerprint density at radius 1 is 0.906 bits per heavy atom. The Labute approximate surface area is 187 Å². The molecule has 0 spiro atoms. The second kappa shape index (κ2) is 10.7. The predicted octanol–water partition coefficient (Wildman–Crippen LogP) is 4.79. The number of methoxy groups -OCH3 is 2. The second-order valence-electron chi connectivity index (χ2n) is 7.92. The van der Waals surface area contributed by atoms with Crippen LogP contribution in [0.25, 0.3) is 12.2 Å². The van der Waals surface area contributed by atoms with Crippen molar-refractivity contribution >= 4 is 23.7 Å². The van der Waals surface area contributed by atoms with Crippen LogP contribution in [-0.4, -0.2) is 36.0 Å². The first kappa shape index (κ1) is 23.1. The third kappa shape index (κ3) is 5.78. The van der Waals surface area contributed by atoms with Crippen molar-refractivity contribution in [2.24, 2.45) is 11.8 Å². The molecular formula is C26H28O6. The van der Waals surface area contributed by atoms with Crippen molar-refractivity contribution in [3.63, 3.8) is 0 Å². The van der Waals surface area contributed by atoms with Gasteiger partial charge < -0.3 is 19.7 Å². The van der Waals surface area contributed by atoms with Crippen LogP contribution in [0.3, 0.4) is 0 Å². The van der Waals surface area contributed by atoms with Gasteiger partial charge in [-0.3, -0.25) is 9.59 Å². The summed E-state index contributed by atoms with van der Waals surface area (Å²) in [5.74, 6) is -0.190. The number of ether oxygens (including phenoxy) is 2. The first-order chi connectivity index (χ1) is 15.4. The van der Waals surface area contributed by atoms with Gasteiger partial charge in [-0.25, -0.2) is 0 Å². The van der Waals surface area contributed by atoms with Crippen LogP contribution in [0.15, 0.2) is 48.6 Å². The Morgan fingerprint density at radius 3 is 1.75 bits per heavy atom. The number of rotatable bonds is 10. The minimum Gasteiger partial charge on any atom is -0.504 e. The molecule has 2 aromatic carbocycles. The van der Waals surface area contributed by atoms with Crippen LogP contribution in [0.1, 0.15) is 36.8 Å². The zero-order chi connectivity index (χ0) is 23.1. The molecule has 0 atom stereocenters. The Morgan fingerprint density at radius 2 is 1.38 bits per heavy atom. The summed E-state index contributed by atoms with van der Waals surface area (Å²) >= 11 is 0. The number of hydrogen-bond donors (Lipinski definition) is 2. The number of benzene rings is 2. The van der Waals surface area contributed by atoms with Crippen molar-refractivity contribution in [2.75, 3.05) is 14.2 Å². The molecule has 0 aromatic heterocycles. The van der Waals surface area contributed by atoms with E-state index >= 15 is 0 Å². The summed E-state index contributed by atoms with van der Waals surface area (Å²) in [4.78, 5) is 25.9. The molecule has 0 unspecified atom stereocenters. The molecule has 0 heterocycles. The number of carbonyl (C=O) groups excluding carboxylic acids is 2. The van der Waals surface area contributed by atoms with Crippen LogP contribution in [-0.2, 0) is 9.59 Å². The highest BCUT2D eigenvalue weighted by Crippen LogP contribution is 2.34. The number of phenolic OH excluding ortho intramolecular Hbond substituents is 2. The van der Waals surface area contributed by atoms with Crippen molar-refractivity contribution in [1.82, 2.24) is 0 Å². The van der Waals surface area contributed by atoms with Gasteiger partial charge in [-0.05, 0) is 59.9 Å². The Kier molecular flexibility index (Phi) is 7.71. The van der Waals surface area contributed by atoms with Crippen molar-refractivity contribution in [1.29, 1.82) is 0 Å². The lowest BCUT2D eigenvalue weighted by atomic mass is 9.76. The number of ketones is 2. The van der Waals surface area contributed by atoms with Crippen LogP contribution in [0, 0.1) is 11.8 Å². The predicted molar refractivity (Wildman–Crippen MR) is 123 cm³/mol. The summed E-state index contributed by atoms with van der Waals surface area (Å²) < 4.78 is 10.2. The highest BCUT2D eigenvalue weighted by Gasteiger charge is 2.29. The summed E-state index contributed by atoms with van der Waals surface area (Å²) in [6.07, 6.45) is 9.83. The fourth-order valence-electron chi connectivity index (χ4n) is 3.62. The van der Waals surface area contributed by atoms with E-state index in [0.717, 1.165) is 19.3 Å². The average Bonchev–Trinajstić information content (AvgIpc) is 2.76. The van der Waals surface area contributed by atoms with Gasteiger partial charge in [0.05, 0.1) is 20.1 Å². The summed E-state index contributed by atoms with van der Waals surface area (Å²) in [7, 11) is 2.91. The number of allylic oxidation sites excluding steroid dienone is 2. The molecule has 1 saturated carbocycles. The quantitative estimate of drug-likeness (QED) is 0.411. The fraction of sp³-hybridized carbons (Fsp3) is 0.308. The molecule has 168 valence electrons. The monoisotopic (exact) mass is 436 g/mol. The molecule has 0 amide bonds. The number of carbonyl (C=O) groups is 2. The molecule has 2 N–H and O–H groups in total. The standard InChI is InChI=1S/C26H28O6/c1-31-25-15-18(8-12-23(25)29)6-10-21(27)20(14-17-4-3-5-17)22(28)11-7-19-9-13-24(30)26(16-19)32-2/h6-13,15-17,20,29-30H,3-5,14H2,1-2H3/b10-6+,11-7+. The van der Waals surface area contributed by atoms with Gasteiger partial charge in [-0.1, -0.05) is 43.5 Å². The summed E-state index contributed by atoms with van der Waals surface area (Å²) in [6.45, 7) is 0. The molecule has 6 nitrogen and oxygen atoms in total. The number of hydrogen-bond acceptors (Lipinski definition) is 6. The molecule has 1 aliphatic rings. The summed E-state index contributed by atoms with van der Waals surface area (Å²) in [5, 5.41) is 19.4. The number of aromatic hydroxyl groups is 2. The van der Waals surface area contributed by atoms with Crippen LogP contribution in [0.5, 0.6) is 23.0 Å². The van der Waals surface area contributed by atoms with E-state index in [2.05, 4.69) is 0 Å². The van der Waals surface area contributed by atoms with E-state index in [0.29, 0.717) is 35.0 Å². The van der Waals surface area contributed by atoms with Crippen LogP contribution in [0.2, 0.25) is 0 Å². The largest absolute Gasteiger partial charge is 0.504 e. The van der Waals surface area contributed by atoms with Crippen molar-refractivity contribution in [3.05, 3.63) is 59.7 Å². The molecule has 3 rings (SSSR count). The molecule has 0 bridgehead atoms. The highest BCUT2D eigenvalue weighted by atomic mass is 16.5. The minimum atomic E-state index is -0.745. The molecule has 1 fully saturated rings. The van der Waals surface area contributed by atoms with E-state index in [1.165, 1.54) is 38.5 Å². The van der Waals surface area contributed by atoms with Gasteiger partial charge in [0, 0.05) is 0 Å². The van der Waals surface area contributed by atoms with E-state index in [-0.39, 0.29) is 23.1 Å². The lowest BCUT2D eigenvalue weighted by Gasteiger charge is -2.27. The van der Waals surface area contributed by atoms with Crippen LogP contribution < -0.4 is 9.47 Å². The van der Waals surface area contributed by atoms with E-state index in [1.807, 2.05) is 0 Å². The van der Waals surface area contributed by atoms with Gasteiger partial charge in [0.25, 0.3) is 0 Å². The van der Waals surface area contributed by atoms with Crippen molar-refractivity contribution in [2.45, 2.75) is 25.7 Å². The Balaban J connectivity index is 1.76. The topological polar surface area (TPSA) is 93.1 Å². The molecule has 32 heavy (non-hydrogen) atoms. The average molecular weight is 437 g/mol. The molecule has 0 radical (unpaired) electrons. The normalized spacial score (nSPS) is 14.1. The minimum absolute atomic E-state index is 0.0185. The Hall–Kier alpha value is -3.54. The lowest BCUT2D eigenvalue weighted by Crippen LogP contribution is -2.26. The first-order valence-electron chi connectivity index (χ1n) is 10.6. The van der Waals surface area contributed by atoms with E-state index in [1.54, 1.807) is 36.4 Å². The third-order valence-corrected chi connectivity index (χ3v) is 5.77. The third-order valence-electron chi connectivity index (χ3n) is 5.77. The van der Waals surface area contributed by atoms with E-state index < -0.39 is 5.92 Å². The molecule has 6 heteroatoms. The molecule has 2 aromatic rings. The lowest BCUT2D eigenvalue weighted by molar-refractivity contribution is -0.128. The maximum Gasteiger partial charge on any atom is 0.166 e. The van der Waals surface area contributed by atoms with E-state index in [4.69, 9.17) is 9.47 Å². The maximum absolute atomic E-state index is 12.9. The molecule has 0 aliphatic heterocycles. The van der Waals surface area contributed by atoms with Crippen LogP contribution >= 0.6 is 0 Å². The second-order valence-corrected chi connectivity index (χ2v) is 7.92. The summed E-state index contributed by atoms with van der Waals surface area (Å²) in [6, 6.07) is 9.58. The zero-order valence-electron chi connectivity index (χ0n) is 18.3. The van der Waals surface area contributed by atoms with Gasteiger partial charge >= 0.3 is 0 Å². The SMILES string of the molecule is COc1cc(/C=C/C(=O)C(CC2CCC2)C(=O)/C=C/c2ccc(O)c(OC)c2)ccc1O. The molecular weight excluding hydrogens is 408 g/mol. The Bertz CT molecular complexity index is 957. The maximum atomic E-state index is 12.9. The zero-order valence-corrected chi connectivity index (χ0v) is 18.3. The van der Waals surface area contributed by atoms with Gasteiger partial charge in [0.2, 0.25) is 0 Å². The number of phenols is 2. The smallest absolute Gasteiger partial charge is 0.166 e. The van der Waals surface area contributed by atoms with Gasteiger partial charge in [-0.15, -0.1) is 0 Å². The summed E-state index contributed by atoms with van der Waals surface area (Å²) in [5.41, 5.74) is 1.38. The first-order valence-corrected chi connectivity index (χ1v) is 10.6. The highest BCUT2D eigenvalue weighted by molar-refractivity contribution is 6.13. The molecule has 1 aliphatic carbocycles. The fourth-order valence-corrected chi connectivity index (χ4v) is 3.62. The van der Waals surface area contributed by atoms with Crippen molar-refractivity contribution in [3.8, 4) is 23.0 Å². The van der Waals surface area contributed by atoms with Gasteiger partial charge in [-0.2, -0.15) is 0 Å². The van der Waals surface area contributed by atoms with Gasteiger partial charge in [0.15, 0.2) is 34.6 Å². The molecule has 0 saturated heterocycles. The van der Waals surface area contributed by atoms with Crippen LogP contribution in [0.4, 0.5) is 0 Å². The van der Waals surface area contributed by atoms with E-state index in [9.17, 15) is 19.8 Å². The van der Waals surface area contributed by atoms with Gasteiger partial charge in [0.1, 0.15) is 0 Å².